The molecule has 0 bridgehead atoms. The SMILES string of the molecule is CCCCc1oc2ccccc2c1CN(C)C(=O)c1ccc(CS(C)(=O)=O)cc1. The predicted molar refractivity (Wildman–Crippen MR) is 116 cm³/mol. The van der Waals surface area contributed by atoms with Gasteiger partial charge in [-0.05, 0) is 30.2 Å². The van der Waals surface area contributed by atoms with E-state index < -0.39 is 9.84 Å². The van der Waals surface area contributed by atoms with E-state index in [1.165, 1.54) is 6.26 Å². The molecule has 0 saturated carbocycles. The topological polar surface area (TPSA) is 67.6 Å². The van der Waals surface area contributed by atoms with E-state index in [-0.39, 0.29) is 11.7 Å². The maximum atomic E-state index is 12.9. The number of fused-ring (bicyclic) bond motifs is 1. The van der Waals surface area contributed by atoms with E-state index in [9.17, 15) is 13.2 Å². The van der Waals surface area contributed by atoms with Crippen LogP contribution in [0.15, 0.2) is 52.9 Å². The number of sulfone groups is 1. The Morgan fingerprint density at radius 3 is 2.41 bits per heavy atom. The first-order chi connectivity index (χ1) is 13.8. The zero-order valence-corrected chi connectivity index (χ0v) is 18.0. The number of aryl methyl sites for hydroxylation is 1. The van der Waals surface area contributed by atoms with E-state index in [4.69, 9.17) is 4.42 Å². The van der Waals surface area contributed by atoms with Crippen LogP contribution in [0.1, 0.15) is 47.0 Å². The second-order valence-electron chi connectivity index (χ2n) is 7.53. The van der Waals surface area contributed by atoms with Crippen molar-refractivity contribution in [1.82, 2.24) is 4.90 Å². The number of unbranched alkanes of at least 4 members (excludes halogenated alkanes) is 1. The lowest BCUT2D eigenvalue weighted by molar-refractivity contribution is 0.0785. The summed E-state index contributed by atoms with van der Waals surface area (Å²) < 4.78 is 28.9. The lowest BCUT2D eigenvalue weighted by atomic mass is 10.1. The smallest absolute Gasteiger partial charge is 0.253 e. The van der Waals surface area contributed by atoms with Crippen molar-refractivity contribution in [2.75, 3.05) is 13.3 Å². The Morgan fingerprint density at radius 2 is 1.76 bits per heavy atom. The Kier molecular flexibility index (Phi) is 6.42. The first kappa shape index (κ1) is 21.1. The van der Waals surface area contributed by atoms with Gasteiger partial charge in [-0.2, -0.15) is 0 Å². The quantitative estimate of drug-likeness (QED) is 0.542. The summed E-state index contributed by atoms with van der Waals surface area (Å²) in [6.45, 7) is 2.60. The van der Waals surface area contributed by atoms with Gasteiger partial charge in [0.05, 0.1) is 5.75 Å². The number of nitrogens with zero attached hydrogens (tertiary/aromatic N) is 1. The van der Waals surface area contributed by atoms with Crippen LogP contribution in [0.4, 0.5) is 0 Å². The van der Waals surface area contributed by atoms with Crippen LogP contribution in [-0.4, -0.2) is 32.5 Å². The summed E-state index contributed by atoms with van der Waals surface area (Å²) >= 11 is 0. The molecule has 0 unspecified atom stereocenters. The number of para-hydroxylation sites is 1. The minimum atomic E-state index is -3.10. The van der Waals surface area contributed by atoms with Crippen LogP contribution in [0.25, 0.3) is 11.0 Å². The van der Waals surface area contributed by atoms with E-state index in [0.29, 0.717) is 17.7 Å². The molecule has 0 atom stereocenters. The molecular formula is C23H27NO4S. The van der Waals surface area contributed by atoms with E-state index in [1.807, 2.05) is 24.3 Å². The van der Waals surface area contributed by atoms with Gasteiger partial charge in [0.2, 0.25) is 0 Å². The zero-order valence-electron chi connectivity index (χ0n) is 17.1. The Balaban J connectivity index is 1.80. The summed E-state index contributed by atoms with van der Waals surface area (Å²) in [5.41, 5.74) is 3.11. The fourth-order valence-corrected chi connectivity index (χ4v) is 4.24. The summed E-state index contributed by atoms with van der Waals surface area (Å²) in [7, 11) is -1.32. The molecule has 5 nitrogen and oxygen atoms in total. The second-order valence-corrected chi connectivity index (χ2v) is 9.67. The maximum absolute atomic E-state index is 12.9. The molecule has 29 heavy (non-hydrogen) atoms. The van der Waals surface area contributed by atoms with Crippen LogP contribution >= 0.6 is 0 Å². The van der Waals surface area contributed by atoms with Crippen molar-refractivity contribution in [2.24, 2.45) is 0 Å². The summed E-state index contributed by atoms with van der Waals surface area (Å²) in [4.78, 5) is 14.6. The Bertz CT molecular complexity index is 1100. The molecule has 0 saturated heterocycles. The minimum absolute atomic E-state index is 0.0287. The van der Waals surface area contributed by atoms with Crippen molar-refractivity contribution >= 4 is 26.7 Å². The van der Waals surface area contributed by atoms with Crippen molar-refractivity contribution in [3.8, 4) is 0 Å². The highest BCUT2D eigenvalue weighted by Gasteiger charge is 2.19. The largest absolute Gasteiger partial charge is 0.461 e. The standard InChI is InChI=1S/C23H27NO4S/c1-4-5-9-22-20(19-8-6-7-10-21(19)28-22)15-24(2)23(25)18-13-11-17(12-14-18)16-29(3,26)27/h6-8,10-14H,4-5,9,15-16H2,1-3H3. The van der Waals surface area contributed by atoms with Gasteiger partial charge in [-0.3, -0.25) is 4.79 Å². The average Bonchev–Trinajstić information content (AvgIpc) is 3.02. The lowest BCUT2D eigenvalue weighted by Crippen LogP contribution is -2.26. The fraction of sp³-hybridized carbons (Fsp3) is 0.348. The molecule has 0 N–H and O–H groups in total. The number of amides is 1. The molecule has 3 rings (SSSR count). The van der Waals surface area contributed by atoms with Gasteiger partial charge in [0, 0.05) is 42.8 Å². The number of rotatable bonds is 8. The van der Waals surface area contributed by atoms with E-state index in [0.717, 1.165) is 41.6 Å². The van der Waals surface area contributed by atoms with Crippen LogP contribution in [0.5, 0.6) is 0 Å². The molecule has 3 aromatic rings. The lowest BCUT2D eigenvalue weighted by Gasteiger charge is -2.18. The second kappa shape index (κ2) is 8.82. The molecule has 0 aliphatic heterocycles. The first-order valence-corrected chi connectivity index (χ1v) is 11.9. The van der Waals surface area contributed by atoms with Crippen molar-refractivity contribution in [3.05, 3.63) is 71.0 Å². The fourth-order valence-electron chi connectivity index (χ4n) is 3.44. The van der Waals surface area contributed by atoms with Gasteiger partial charge in [-0.15, -0.1) is 0 Å². The number of hydrogen-bond acceptors (Lipinski definition) is 4. The molecule has 6 heteroatoms. The highest BCUT2D eigenvalue weighted by Crippen LogP contribution is 2.28. The Hall–Kier alpha value is -2.60. The third-order valence-corrected chi connectivity index (χ3v) is 5.77. The monoisotopic (exact) mass is 413 g/mol. The summed E-state index contributed by atoms with van der Waals surface area (Å²) in [5.74, 6) is 0.804. The molecule has 1 amide bonds. The van der Waals surface area contributed by atoms with Gasteiger partial charge in [-0.25, -0.2) is 8.42 Å². The molecule has 1 heterocycles. The van der Waals surface area contributed by atoms with Gasteiger partial charge in [0.1, 0.15) is 11.3 Å². The van der Waals surface area contributed by atoms with Gasteiger partial charge in [0.25, 0.3) is 5.91 Å². The van der Waals surface area contributed by atoms with Crippen LogP contribution in [0, 0.1) is 0 Å². The van der Waals surface area contributed by atoms with Gasteiger partial charge in [0.15, 0.2) is 9.84 Å². The number of hydrogen-bond donors (Lipinski definition) is 0. The predicted octanol–water partition coefficient (Wildman–Crippen LogP) is 4.59. The number of carbonyl (C=O) groups excluding carboxylic acids is 1. The third kappa shape index (κ3) is 5.26. The summed E-state index contributed by atoms with van der Waals surface area (Å²) in [6.07, 6.45) is 4.16. The van der Waals surface area contributed by atoms with Crippen molar-refractivity contribution in [3.63, 3.8) is 0 Å². The zero-order chi connectivity index (χ0) is 21.0. The molecule has 0 fully saturated rings. The molecule has 154 valence electrons. The molecule has 0 radical (unpaired) electrons. The van der Waals surface area contributed by atoms with Crippen molar-refractivity contribution in [1.29, 1.82) is 0 Å². The summed E-state index contributed by atoms with van der Waals surface area (Å²) in [6, 6.07) is 14.7. The Labute approximate surface area is 172 Å². The molecule has 0 aliphatic rings. The van der Waals surface area contributed by atoms with E-state index >= 15 is 0 Å². The molecular weight excluding hydrogens is 386 g/mol. The average molecular weight is 414 g/mol. The minimum Gasteiger partial charge on any atom is -0.461 e. The van der Waals surface area contributed by atoms with Crippen molar-refractivity contribution in [2.45, 2.75) is 38.5 Å². The van der Waals surface area contributed by atoms with Crippen LogP contribution in [0.2, 0.25) is 0 Å². The number of furan rings is 1. The van der Waals surface area contributed by atoms with Gasteiger partial charge in [-0.1, -0.05) is 43.7 Å². The van der Waals surface area contributed by atoms with Crippen LogP contribution < -0.4 is 0 Å². The molecule has 0 aliphatic carbocycles. The molecule has 1 aromatic heterocycles. The number of benzene rings is 2. The van der Waals surface area contributed by atoms with E-state index in [2.05, 4.69) is 6.92 Å². The third-order valence-electron chi connectivity index (χ3n) is 4.91. The molecule has 0 spiro atoms. The van der Waals surface area contributed by atoms with Crippen LogP contribution in [-0.2, 0) is 28.6 Å². The van der Waals surface area contributed by atoms with Gasteiger partial charge >= 0.3 is 0 Å². The maximum Gasteiger partial charge on any atom is 0.253 e. The van der Waals surface area contributed by atoms with Gasteiger partial charge < -0.3 is 9.32 Å². The highest BCUT2D eigenvalue weighted by atomic mass is 32.2. The van der Waals surface area contributed by atoms with E-state index in [1.54, 1.807) is 36.2 Å². The number of carbonyl (C=O) groups is 1. The summed E-state index contributed by atoms with van der Waals surface area (Å²) in [5, 5.41) is 1.04. The highest BCUT2D eigenvalue weighted by molar-refractivity contribution is 7.89. The van der Waals surface area contributed by atoms with Crippen LogP contribution in [0.3, 0.4) is 0 Å². The first-order valence-electron chi connectivity index (χ1n) is 9.80. The normalized spacial score (nSPS) is 11.7. The molecule has 2 aromatic carbocycles. The van der Waals surface area contributed by atoms with Crippen molar-refractivity contribution < 1.29 is 17.6 Å². The Morgan fingerprint density at radius 1 is 1.07 bits per heavy atom.